The van der Waals surface area contributed by atoms with Gasteiger partial charge in [0.15, 0.2) is 0 Å². The summed E-state index contributed by atoms with van der Waals surface area (Å²) in [6.45, 7) is 7.48. The summed E-state index contributed by atoms with van der Waals surface area (Å²) in [4.78, 5) is 15.8. The lowest BCUT2D eigenvalue weighted by molar-refractivity contribution is 0.597. The first-order chi connectivity index (χ1) is 7.16. The molecule has 0 unspecified atom stereocenters. The topological polar surface area (TPSA) is 46.9 Å². The van der Waals surface area contributed by atoms with Crippen LogP contribution in [0.25, 0.3) is 0 Å². The Morgan fingerprint density at radius 2 is 2.47 bits per heavy atom. The Hall–Kier alpha value is -0.940. The molecule has 0 aromatic carbocycles. The summed E-state index contributed by atoms with van der Waals surface area (Å²) in [6.07, 6.45) is 3.35. The lowest BCUT2D eigenvalue weighted by atomic mass is 10.4. The first-order valence-electron chi connectivity index (χ1n) is 4.70. The van der Waals surface area contributed by atoms with E-state index in [-0.39, 0.29) is 5.56 Å². The maximum absolute atomic E-state index is 11.7. The van der Waals surface area contributed by atoms with E-state index in [4.69, 9.17) is 0 Å². The van der Waals surface area contributed by atoms with E-state index in [1.54, 1.807) is 23.9 Å². The van der Waals surface area contributed by atoms with Gasteiger partial charge in [-0.15, -0.1) is 6.58 Å². The molecular weight excluding hydrogens is 258 g/mol. The van der Waals surface area contributed by atoms with Crippen molar-refractivity contribution >= 4 is 15.9 Å². The van der Waals surface area contributed by atoms with Crippen molar-refractivity contribution in [3.63, 3.8) is 0 Å². The molecule has 1 aromatic rings. The lowest BCUT2D eigenvalue weighted by Crippen LogP contribution is -2.28. The van der Waals surface area contributed by atoms with Crippen molar-refractivity contribution in [1.29, 1.82) is 0 Å². The second kappa shape index (κ2) is 5.82. The molecule has 0 aliphatic rings. The van der Waals surface area contributed by atoms with E-state index in [1.807, 2.05) is 0 Å². The summed E-state index contributed by atoms with van der Waals surface area (Å²) in [5.74, 6) is 0. The van der Waals surface area contributed by atoms with Gasteiger partial charge in [-0.3, -0.25) is 9.36 Å². The average Bonchev–Trinajstić information content (AvgIpc) is 2.24. The van der Waals surface area contributed by atoms with Crippen LogP contribution in [0.3, 0.4) is 0 Å². The van der Waals surface area contributed by atoms with Gasteiger partial charge in [0, 0.05) is 19.6 Å². The summed E-state index contributed by atoms with van der Waals surface area (Å²) in [5, 5.41) is 3.12. The van der Waals surface area contributed by atoms with Crippen LogP contribution in [-0.2, 0) is 6.54 Å². The van der Waals surface area contributed by atoms with Gasteiger partial charge in [-0.1, -0.05) is 6.08 Å². The van der Waals surface area contributed by atoms with Crippen molar-refractivity contribution in [2.75, 3.05) is 13.1 Å². The summed E-state index contributed by atoms with van der Waals surface area (Å²) in [7, 11) is 0. The number of nitrogens with zero attached hydrogens (tertiary/aromatic N) is 2. The minimum Gasteiger partial charge on any atom is -0.312 e. The van der Waals surface area contributed by atoms with E-state index in [2.05, 4.69) is 32.8 Å². The molecule has 15 heavy (non-hydrogen) atoms. The van der Waals surface area contributed by atoms with Gasteiger partial charge in [0.2, 0.25) is 0 Å². The molecule has 1 aromatic heterocycles. The van der Waals surface area contributed by atoms with Crippen LogP contribution in [0.15, 0.2) is 28.2 Å². The maximum Gasteiger partial charge on any atom is 0.267 e. The Morgan fingerprint density at radius 3 is 3.13 bits per heavy atom. The summed E-state index contributed by atoms with van der Waals surface area (Å²) >= 11 is 3.22. The Kier molecular flexibility index (Phi) is 4.71. The second-order valence-corrected chi connectivity index (χ2v) is 3.93. The van der Waals surface area contributed by atoms with Crippen molar-refractivity contribution in [2.45, 2.75) is 13.5 Å². The zero-order chi connectivity index (χ0) is 11.3. The van der Waals surface area contributed by atoms with Gasteiger partial charge in [0.1, 0.15) is 4.47 Å². The lowest BCUT2D eigenvalue weighted by Gasteiger charge is -2.06. The van der Waals surface area contributed by atoms with E-state index in [0.29, 0.717) is 11.0 Å². The molecule has 0 radical (unpaired) electrons. The molecule has 0 saturated carbocycles. The van der Waals surface area contributed by atoms with Gasteiger partial charge >= 0.3 is 0 Å². The van der Waals surface area contributed by atoms with E-state index >= 15 is 0 Å². The molecule has 82 valence electrons. The fourth-order valence-corrected chi connectivity index (χ4v) is 1.44. The monoisotopic (exact) mass is 271 g/mol. The molecule has 0 aliphatic heterocycles. The van der Waals surface area contributed by atoms with E-state index in [9.17, 15) is 4.79 Å². The minimum absolute atomic E-state index is 0.0390. The molecule has 0 atom stereocenters. The molecule has 4 nitrogen and oxygen atoms in total. The van der Waals surface area contributed by atoms with Gasteiger partial charge in [0.25, 0.3) is 5.56 Å². The van der Waals surface area contributed by atoms with Crippen molar-refractivity contribution in [1.82, 2.24) is 14.9 Å². The van der Waals surface area contributed by atoms with Gasteiger partial charge in [-0.05, 0) is 22.9 Å². The zero-order valence-corrected chi connectivity index (χ0v) is 10.2. The van der Waals surface area contributed by atoms with E-state index in [0.717, 1.165) is 18.8 Å². The van der Waals surface area contributed by atoms with Gasteiger partial charge in [-0.25, -0.2) is 4.98 Å². The third-order valence-corrected chi connectivity index (χ3v) is 2.89. The van der Waals surface area contributed by atoms with Crippen LogP contribution in [0.1, 0.15) is 5.69 Å². The predicted octanol–water partition coefficient (Wildman–Crippen LogP) is 1.09. The third kappa shape index (κ3) is 3.28. The first kappa shape index (κ1) is 12.1. The Morgan fingerprint density at radius 1 is 1.73 bits per heavy atom. The van der Waals surface area contributed by atoms with Crippen molar-refractivity contribution in [3.05, 3.63) is 39.5 Å². The van der Waals surface area contributed by atoms with Crippen molar-refractivity contribution < 1.29 is 0 Å². The van der Waals surface area contributed by atoms with Crippen LogP contribution >= 0.6 is 15.9 Å². The fourth-order valence-electron chi connectivity index (χ4n) is 1.11. The van der Waals surface area contributed by atoms with Crippen molar-refractivity contribution in [3.8, 4) is 0 Å². The third-order valence-electron chi connectivity index (χ3n) is 1.98. The van der Waals surface area contributed by atoms with Crippen LogP contribution in [0.4, 0.5) is 0 Å². The minimum atomic E-state index is -0.0390. The van der Waals surface area contributed by atoms with E-state index < -0.39 is 0 Å². The summed E-state index contributed by atoms with van der Waals surface area (Å²) in [5.41, 5.74) is 0.679. The first-order valence-corrected chi connectivity index (χ1v) is 5.49. The highest BCUT2D eigenvalue weighted by molar-refractivity contribution is 9.10. The standard InChI is InChI=1S/C10H14BrN3O/c1-3-4-12-5-6-14-7-13-8(2)9(11)10(14)15/h3,7,12H,1,4-6H2,2H3. The van der Waals surface area contributed by atoms with E-state index in [1.165, 1.54) is 0 Å². The molecular formula is C10H14BrN3O. The SMILES string of the molecule is C=CCNCCn1cnc(C)c(Br)c1=O. The molecule has 1 heterocycles. The van der Waals surface area contributed by atoms with Gasteiger partial charge in [-0.2, -0.15) is 0 Å². The molecule has 0 bridgehead atoms. The number of halogens is 1. The highest BCUT2D eigenvalue weighted by Crippen LogP contribution is 2.05. The van der Waals surface area contributed by atoms with Crippen LogP contribution in [0.5, 0.6) is 0 Å². The molecule has 0 spiro atoms. The smallest absolute Gasteiger partial charge is 0.267 e. The molecule has 0 fully saturated rings. The fraction of sp³-hybridized carbons (Fsp3) is 0.400. The molecule has 0 amide bonds. The Balaban J connectivity index is 2.66. The molecule has 0 aliphatic carbocycles. The van der Waals surface area contributed by atoms with Crippen LogP contribution < -0.4 is 10.9 Å². The highest BCUT2D eigenvalue weighted by atomic mass is 79.9. The Labute approximate surface area is 97.2 Å². The largest absolute Gasteiger partial charge is 0.312 e. The maximum atomic E-state index is 11.7. The molecule has 0 saturated heterocycles. The number of aryl methyl sites for hydroxylation is 1. The summed E-state index contributed by atoms with van der Waals surface area (Å²) in [6, 6.07) is 0. The quantitative estimate of drug-likeness (QED) is 0.644. The summed E-state index contributed by atoms with van der Waals surface area (Å²) < 4.78 is 2.11. The molecule has 1 rings (SSSR count). The molecule has 5 heteroatoms. The zero-order valence-electron chi connectivity index (χ0n) is 8.66. The normalized spacial score (nSPS) is 10.3. The van der Waals surface area contributed by atoms with Crippen molar-refractivity contribution in [2.24, 2.45) is 0 Å². The van der Waals surface area contributed by atoms with Gasteiger partial charge < -0.3 is 5.32 Å². The number of rotatable bonds is 5. The number of aromatic nitrogens is 2. The highest BCUT2D eigenvalue weighted by Gasteiger charge is 2.04. The van der Waals surface area contributed by atoms with Crippen LogP contribution in [0, 0.1) is 6.92 Å². The second-order valence-electron chi connectivity index (χ2n) is 3.14. The number of hydrogen-bond donors (Lipinski definition) is 1. The predicted molar refractivity (Wildman–Crippen MR) is 64.0 cm³/mol. The average molecular weight is 272 g/mol. The van der Waals surface area contributed by atoms with Crippen LogP contribution in [0.2, 0.25) is 0 Å². The van der Waals surface area contributed by atoms with Gasteiger partial charge in [0.05, 0.1) is 12.0 Å². The molecule has 1 N–H and O–H groups in total. The number of nitrogens with one attached hydrogen (secondary N) is 1. The van der Waals surface area contributed by atoms with Crippen LogP contribution in [-0.4, -0.2) is 22.6 Å². The Bertz CT molecular complexity index is 400. The number of hydrogen-bond acceptors (Lipinski definition) is 3.